The Bertz CT molecular complexity index is 700. The maximum Gasteiger partial charge on any atom is 0.294 e. The standard InChI is InChI=1S/C9H12N2.C7H8O3S/c10-6-7-5-8(7)9-3-1-2-4-11-9;1-6-2-4-7(5-3-6)11(8,9)10/h1-4,7-8H,5-6,10H2;2-5H,1H3,(H,8,9,10)/t7-,8+;/m0./s1. The van der Waals surface area contributed by atoms with Crippen molar-refractivity contribution in [2.75, 3.05) is 6.54 Å². The molecular formula is C16H20N2O3S. The van der Waals surface area contributed by atoms with Gasteiger partial charge in [-0.3, -0.25) is 9.54 Å². The molecule has 6 heteroatoms. The highest BCUT2D eigenvalue weighted by Crippen LogP contribution is 2.45. The lowest BCUT2D eigenvalue weighted by molar-refractivity contribution is 0.483. The maximum atomic E-state index is 10.5. The molecule has 1 aromatic carbocycles. The van der Waals surface area contributed by atoms with Crippen LogP contribution in [0.1, 0.15) is 23.6 Å². The first-order valence-corrected chi connectivity index (χ1v) is 8.51. The highest BCUT2D eigenvalue weighted by molar-refractivity contribution is 7.85. The van der Waals surface area contributed by atoms with Crippen LogP contribution in [0.15, 0.2) is 53.6 Å². The fourth-order valence-electron chi connectivity index (χ4n) is 2.18. The number of nitrogens with zero attached hydrogens (tertiary/aromatic N) is 1. The van der Waals surface area contributed by atoms with Gasteiger partial charge < -0.3 is 5.73 Å². The summed E-state index contributed by atoms with van der Waals surface area (Å²) in [5.41, 5.74) is 7.70. The Balaban J connectivity index is 0.000000160. The quantitative estimate of drug-likeness (QED) is 0.847. The molecule has 118 valence electrons. The number of pyridine rings is 1. The highest BCUT2D eigenvalue weighted by atomic mass is 32.2. The van der Waals surface area contributed by atoms with E-state index >= 15 is 0 Å². The van der Waals surface area contributed by atoms with Crippen molar-refractivity contribution >= 4 is 10.1 Å². The highest BCUT2D eigenvalue weighted by Gasteiger charge is 2.37. The van der Waals surface area contributed by atoms with Gasteiger partial charge in [0.05, 0.1) is 4.90 Å². The van der Waals surface area contributed by atoms with Gasteiger partial charge in [-0.15, -0.1) is 0 Å². The second kappa shape index (κ2) is 7.00. The third-order valence-corrected chi connectivity index (χ3v) is 4.48. The monoisotopic (exact) mass is 320 g/mol. The molecule has 5 nitrogen and oxygen atoms in total. The first-order valence-electron chi connectivity index (χ1n) is 7.07. The molecule has 2 aromatic rings. The van der Waals surface area contributed by atoms with Crippen LogP contribution in [0.3, 0.4) is 0 Å². The van der Waals surface area contributed by atoms with Crippen molar-refractivity contribution in [2.45, 2.75) is 24.2 Å². The molecule has 0 radical (unpaired) electrons. The van der Waals surface area contributed by atoms with Crippen LogP contribution in [-0.4, -0.2) is 24.5 Å². The number of aromatic nitrogens is 1. The molecule has 1 aliphatic carbocycles. The number of nitrogens with two attached hydrogens (primary N) is 1. The van der Waals surface area contributed by atoms with Crippen LogP contribution >= 0.6 is 0 Å². The van der Waals surface area contributed by atoms with Crippen LogP contribution in [0.2, 0.25) is 0 Å². The summed E-state index contributed by atoms with van der Waals surface area (Å²) < 4.78 is 29.6. The van der Waals surface area contributed by atoms with E-state index in [9.17, 15) is 8.42 Å². The van der Waals surface area contributed by atoms with E-state index in [1.807, 2.05) is 25.3 Å². The minimum atomic E-state index is -4.02. The lowest BCUT2D eigenvalue weighted by atomic mass is 10.2. The lowest BCUT2D eigenvalue weighted by Gasteiger charge is -1.95. The molecule has 1 heterocycles. The van der Waals surface area contributed by atoms with E-state index in [0.29, 0.717) is 11.8 Å². The second-order valence-electron chi connectivity index (χ2n) is 5.38. The van der Waals surface area contributed by atoms with E-state index in [4.69, 9.17) is 10.3 Å². The third kappa shape index (κ3) is 4.62. The molecule has 0 amide bonds. The molecule has 22 heavy (non-hydrogen) atoms. The first kappa shape index (κ1) is 16.6. The van der Waals surface area contributed by atoms with E-state index in [1.165, 1.54) is 24.2 Å². The van der Waals surface area contributed by atoms with Gasteiger partial charge in [0.2, 0.25) is 0 Å². The number of aryl methyl sites for hydroxylation is 1. The van der Waals surface area contributed by atoms with Crippen LogP contribution < -0.4 is 5.73 Å². The Labute approximate surface area is 131 Å². The maximum absolute atomic E-state index is 10.5. The average Bonchev–Trinajstić information content (AvgIpc) is 3.28. The Morgan fingerprint density at radius 1 is 1.23 bits per heavy atom. The SMILES string of the molecule is Cc1ccc(S(=O)(=O)O)cc1.NC[C@@H]1C[C@H]1c1ccccn1. The van der Waals surface area contributed by atoms with E-state index in [1.54, 1.807) is 12.1 Å². The van der Waals surface area contributed by atoms with Crippen LogP contribution in [0.5, 0.6) is 0 Å². The van der Waals surface area contributed by atoms with E-state index in [0.717, 1.165) is 12.1 Å². The molecule has 1 aliphatic rings. The summed E-state index contributed by atoms with van der Waals surface area (Å²) in [6.45, 7) is 2.65. The molecule has 2 atom stereocenters. The molecular weight excluding hydrogens is 300 g/mol. The average molecular weight is 320 g/mol. The van der Waals surface area contributed by atoms with Crippen molar-refractivity contribution in [3.63, 3.8) is 0 Å². The second-order valence-corrected chi connectivity index (χ2v) is 6.80. The molecule has 3 rings (SSSR count). The number of benzene rings is 1. The van der Waals surface area contributed by atoms with Gasteiger partial charge in [0, 0.05) is 17.8 Å². The predicted molar refractivity (Wildman–Crippen MR) is 85.1 cm³/mol. The minimum absolute atomic E-state index is 0.0666. The Morgan fingerprint density at radius 3 is 2.36 bits per heavy atom. The summed E-state index contributed by atoms with van der Waals surface area (Å²) in [5.74, 6) is 1.35. The number of hydrogen-bond donors (Lipinski definition) is 2. The minimum Gasteiger partial charge on any atom is -0.330 e. The van der Waals surface area contributed by atoms with E-state index in [-0.39, 0.29) is 4.90 Å². The van der Waals surface area contributed by atoms with Crippen molar-refractivity contribution in [2.24, 2.45) is 11.7 Å². The topological polar surface area (TPSA) is 93.3 Å². The fraction of sp³-hybridized carbons (Fsp3) is 0.312. The van der Waals surface area contributed by atoms with Crippen molar-refractivity contribution in [1.29, 1.82) is 0 Å². The van der Waals surface area contributed by atoms with Gasteiger partial charge in [-0.1, -0.05) is 23.8 Å². The van der Waals surface area contributed by atoms with Gasteiger partial charge in [-0.2, -0.15) is 8.42 Å². The third-order valence-electron chi connectivity index (χ3n) is 3.61. The van der Waals surface area contributed by atoms with Gasteiger partial charge in [0.1, 0.15) is 0 Å². The first-order chi connectivity index (χ1) is 10.4. The van der Waals surface area contributed by atoms with Gasteiger partial charge in [0.15, 0.2) is 0 Å². The summed E-state index contributed by atoms with van der Waals surface area (Å²) in [4.78, 5) is 4.22. The van der Waals surface area contributed by atoms with Crippen molar-refractivity contribution < 1.29 is 13.0 Å². The molecule has 1 saturated carbocycles. The van der Waals surface area contributed by atoms with Crippen LogP contribution in [-0.2, 0) is 10.1 Å². The number of rotatable bonds is 3. The zero-order valence-corrected chi connectivity index (χ0v) is 13.2. The molecule has 1 aromatic heterocycles. The molecule has 1 fully saturated rings. The smallest absolute Gasteiger partial charge is 0.294 e. The van der Waals surface area contributed by atoms with Crippen LogP contribution in [0.4, 0.5) is 0 Å². The van der Waals surface area contributed by atoms with E-state index in [2.05, 4.69) is 11.1 Å². The van der Waals surface area contributed by atoms with Gasteiger partial charge in [-0.05, 0) is 50.1 Å². The molecule has 0 spiro atoms. The largest absolute Gasteiger partial charge is 0.330 e. The van der Waals surface area contributed by atoms with Crippen molar-refractivity contribution in [3.05, 3.63) is 59.9 Å². The number of hydrogen-bond acceptors (Lipinski definition) is 4. The van der Waals surface area contributed by atoms with E-state index < -0.39 is 10.1 Å². The van der Waals surface area contributed by atoms with Gasteiger partial charge >= 0.3 is 0 Å². The zero-order valence-electron chi connectivity index (χ0n) is 12.4. The normalized spacial score (nSPS) is 20.0. The Hall–Kier alpha value is -1.76. The summed E-state index contributed by atoms with van der Waals surface area (Å²) >= 11 is 0. The van der Waals surface area contributed by atoms with Crippen LogP contribution in [0, 0.1) is 12.8 Å². The summed E-state index contributed by atoms with van der Waals surface area (Å²) in [6, 6.07) is 12.1. The summed E-state index contributed by atoms with van der Waals surface area (Å²) in [6.07, 6.45) is 3.08. The summed E-state index contributed by atoms with van der Waals surface area (Å²) in [7, 11) is -4.02. The summed E-state index contributed by atoms with van der Waals surface area (Å²) in [5, 5.41) is 0. The van der Waals surface area contributed by atoms with Crippen molar-refractivity contribution in [1.82, 2.24) is 4.98 Å². The van der Waals surface area contributed by atoms with Gasteiger partial charge in [-0.25, -0.2) is 0 Å². The fourth-order valence-corrected chi connectivity index (χ4v) is 2.66. The zero-order chi connectivity index (χ0) is 16.2. The van der Waals surface area contributed by atoms with Crippen LogP contribution in [0.25, 0.3) is 0 Å². The molecule has 0 unspecified atom stereocenters. The molecule has 0 saturated heterocycles. The Morgan fingerprint density at radius 2 is 1.91 bits per heavy atom. The van der Waals surface area contributed by atoms with Crippen molar-refractivity contribution in [3.8, 4) is 0 Å². The van der Waals surface area contributed by atoms with Gasteiger partial charge in [0.25, 0.3) is 10.1 Å². The lowest BCUT2D eigenvalue weighted by Crippen LogP contribution is -2.02. The molecule has 0 bridgehead atoms. The predicted octanol–water partition coefficient (Wildman–Crippen LogP) is 2.39. The molecule has 0 aliphatic heterocycles. The Kier molecular flexibility index (Phi) is 5.28. The molecule has 3 N–H and O–H groups in total.